The normalized spacial score (nSPS) is 10.2. The van der Waals surface area contributed by atoms with Gasteiger partial charge < -0.3 is 15.0 Å². The molecule has 0 saturated heterocycles. The second-order valence-corrected chi connectivity index (χ2v) is 5.95. The van der Waals surface area contributed by atoms with E-state index < -0.39 is 0 Å². The van der Waals surface area contributed by atoms with E-state index >= 15 is 0 Å². The average molecular weight is 340 g/mol. The second-order valence-electron chi connectivity index (χ2n) is 5.95. The number of hydrogen-bond acceptors (Lipinski definition) is 3. The number of ether oxygens (including phenoxy) is 1. The van der Waals surface area contributed by atoms with Crippen LogP contribution in [-0.4, -0.2) is 44.0 Å². The van der Waals surface area contributed by atoms with Crippen LogP contribution >= 0.6 is 0 Å². The molecular weight excluding hydrogens is 316 g/mol. The molecule has 5 heteroatoms. The van der Waals surface area contributed by atoms with E-state index in [1.165, 1.54) is 10.5 Å². The largest absolute Gasteiger partial charge is 0.483 e. The molecule has 0 aromatic heterocycles. The Morgan fingerprint density at radius 3 is 2.40 bits per heavy atom. The van der Waals surface area contributed by atoms with Crippen LogP contribution in [0.5, 0.6) is 5.75 Å². The highest BCUT2D eigenvalue weighted by Gasteiger charge is 2.09. The fraction of sp³-hybridized carbons (Fsp3) is 0.300. The number of carbonyl (C=O) groups excluding carboxylic acids is 2. The maximum atomic E-state index is 11.9. The molecular formula is C20H24N2O3. The average Bonchev–Trinajstić information content (AvgIpc) is 2.61. The van der Waals surface area contributed by atoms with Gasteiger partial charge in [0.15, 0.2) is 6.61 Å². The van der Waals surface area contributed by atoms with E-state index in [0.717, 1.165) is 12.0 Å². The third kappa shape index (κ3) is 6.30. The molecule has 0 fully saturated rings. The number of hydrogen-bond donors (Lipinski definition) is 1. The fourth-order valence-corrected chi connectivity index (χ4v) is 2.33. The maximum Gasteiger partial charge on any atom is 0.257 e. The van der Waals surface area contributed by atoms with Crippen LogP contribution in [0.3, 0.4) is 0 Å². The monoisotopic (exact) mass is 340 g/mol. The van der Waals surface area contributed by atoms with E-state index in [4.69, 9.17) is 4.74 Å². The molecule has 0 aliphatic carbocycles. The van der Waals surface area contributed by atoms with Crippen molar-refractivity contribution < 1.29 is 14.3 Å². The Morgan fingerprint density at radius 2 is 1.68 bits per heavy atom. The minimum atomic E-state index is -0.235. The Labute approximate surface area is 148 Å². The Morgan fingerprint density at radius 1 is 1.00 bits per heavy atom. The molecule has 0 heterocycles. The Hall–Kier alpha value is -2.82. The molecule has 25 heavy (non-hydrogen) atoms. The minimum absolute atomic E-state index is 0.0191. The number of para-hydroxylation sites is 1. The van der Waals surface area contributed by atoms with Crippen LogP contribution in [0.4, 0.5) is 0 Å². The number of amides is 2. The molecule has 0 unspecified atom stereocenters. The summed E-state index contributed by atoms with van der Waals surface area (Å²) in [5, 5.41) is 2.70. The van der Waals surface area contributed by atoms with Gasteiger partial charge in [-0.15, -0.1) is 0 Å². The second kappa shape index (κ2) is 9.47. The zero-order valence-corrected chi connectivity index (χ0v) is 14.7. The lowest BCUT2D eigenvalue weighted by atomic mass is 10.0. The van der Waals surface area contributed by atoms with Crippen molar-refractivity contribution in [1.82, 2.24) is 10.2 Å². The lowest BCUT2D eigenvalue weighted by Gasteiger charge is -2.13. The lowest BCUT2D eigenvalue weighted by molar-refractivity contribution is -0.128. The summed E-state index contributed by atoms with van der Waals surface area (Å²) >= 11 is 0. The first-order chi connectivity index (χ1) is 12.1. The summed E-state index contributed by atoms with van der Waals surface area (Å²) in [4.78, 5) is 24.8. The highest BCUT2D eigenvalue weighted by atomic mass is 16.5. The van der Waals surface area contributed by atoms with Crippen molar-refractivity contribution in [2.45, 2.75) is 12.8 Å². The number of rotatable bonds is 8. The third-order valence-electron chi connectivity index (χ3n) is 3.73. The third-order valence-corrected chi connectivity index (χ3v) is 3.73. The van der Waals surface area contributed by atoms with Crippen LogP contribution in [0.2, 0.25) is 0 Å². The summed E-state index contributed by atoms with van der Waals surface area (Å²) < 4.78 is 5.67. The van der Waals surface area contributed by atoms with Gasteiger partial charge in [0.1, 0.15) is 5.75 Å². The summed E-state index contributed by atoms with van der Waals surface area (Å²) in [6.45, 7) is 0.243. The minimum Gasteiger partial charge on any atom is -0.483 e. The van der Waals surface area contributed by atoms with Gasteiger partial charge >= 0.3 is 0 Å². The van der Waals surface area contributed by atoms with E-state index in [9.17, 15) is 9.59 Å². The highest BCUT2D eigenvalue weighted by Crippen LogP contribution is 2.21. The molecule has 132 valence electrons. The predicted molar refractivity (Wildman–Crippen MR) is 97.5 cm³/mol. The first kappa shape index (κ1) is 18.5. The molecule has 0 aliphatic heterocycles. The zero-order chi connectivity index (χ0) is 18.1. The van der Waals surface area contributed by atoms with Crippen molar-refractivity contribution in [3.63, 3.8) is 0 Å². The van der Waals surface area contributed by atoms with Gasteiger partial charge in [0, 0.05) is 33.5 Å². The van der Waals surface area contributed by atoms with Crippen molar-refractivity contribution in [3.8, 4) is 5.75 Å². The van der Waals surface area contributed by atoms with Crippen molar-refractivity contribution in [2.24, 2.45) is 0 Å². The summed E-state index contributed by atoms with van der Waals surface area (Å²) in [6, 6.07) is 17.8. The quantitative estimate of drug-likeness (QED) is 0.802. The number of carbonyl (C=O) groups is 2. The van der Waals surface area contributed by atoms with Crippen LogP contribution < -0.4 is 10.1 Å². The van der Waals surface area contributed by atoms with Gasteiger partial charge in [0.25, 0.3) is 5.91 Å². The van der Waals surface area contributed by atoms with Gasteiger partial charge in [-0.2, -0.15) is 0 Å². The molecule has 0 atom stereocenters. The highest BCUT2D eigenvalue weighted by molar-refractivity contribution is 5.79. The molecule has 1 N–H and O–H groups in total. The number of benzene rings is 2. The van der Waals surface area contributed by atoms with Crippen LogP contribution in [0, 0.1) is 0 Å². The van der Waals surface area contributed by atoms with Gasteiger partial charge in [0.05, 0.1) is 0 Å². The lowest BCUT2D eigenvalue weighted by Crippen LogP contribution is -2.33. The van der Waals surface area contributed by atoms with Crippen molar-refractivity contribution in [1.29, 1.82) is 0 Å². The summed E-state index contributed by atoms with van der Waals surface area (Å²) in [5.74, 6) is 0.446. The van der Waals surface area contributed by atoms with Crippen LogP contribution in [-0.2, 0) is 16.0 Å². The molecule has 0 saturated carbocycles. The standard InChI is InChI=1S/C20H24N2O3/c1-22(2)20(24)12-13-21-19(23)15-25-18-11-7-6-10-17(18)14-16-8-4-3-5-9-16/h3-11H,12-15H2,1-2H3,(H,21,23). The zero-order valence-electron chi connectivity index (χ0n) is 14.7. The van der Waals surface area contributed by atoms with Gasteiger partial charge in [-0.25, -0.2) is 0 Å². The molecule has 2 rings (SSSR count). The Balaban J connectivity index is 1.84. The fourth-order valence-electron chi connectivity index (χ4n) is 2.33. The Kier molecular flexibility index (Phi) is 7.01. The molecule has 2 amide bonds. The SMILES string of the molecule is CN(C)C(=O)CCNC(=O)COc1ccccc1Cc1ccccc1. The van der Waals surface area contributed by atoms with E-state index in [0.29, 0.717) is 12.3 Å². The van der Waals surface area contributed by atoms with Crippen LogP contribution in [0.25, 0.3) is 0 Å². The van der Waals surface area contributed by atoms with Gasteiger partial charge in [-0.05, 0) is 17.2 Å². The van der Waals surface area contributed by atoms with Gasteiger partial charge in [0.2, 0.25) is 5.91 Å². The molecule has 2 aromatic carbocycles. The Bertz CT molecular complexity index is 699. The maximum absolute atomic E-state index is 11.9. The first-order valence-electron chi connectivity index (χ1n) is 8.27. The van der Waals surface area contributed by atoms with E-state index in [1.807, 2.05) is 42.5 Å². The van der Waals surface area contributed by atoms with Gasteiger partial charge in [-0.1, -0.05) is 48.5 Å². The molecule has 2 aromatic rings. The van der Waals surface area contributed by atoms with Crippen molar-refractivity contribution in [3.05, 3.63) is 65.7 Å². The molecule has 0 bridgehead atoms. The number of nitrogens with zero attached hydrogens (tertiary/aromatic N) is 1. The summed E-state index contributed by atoms with van der Waals surface area (Å²) in [6.07, 6.45) is 1.03. The molecule has 0 radical (unpaired) electrons. The first-order valence-corrected chi connectivity index (χ1v) is 8.27. The molecule has 5 nitrogen and oxygen atoms in total. The van der Waals surface area contributed by atoms with Crippen molar-refractivity contribution >= 4 is 11.8 Å². The van der Waals surface area contributed by atoms with E-state index in [-0.39, 0.29) is 24.8 Å². The van der Waals surface area contributed by atoms with Crippen LogP contribution in [0.15, 0.2) is 54.6 Å². The number of nitrogens with one attached hydrogen (secondary N) is 1. The van der Waals surface area contributed by atoms with Gasteiger partial charge in [-0.3, -0.25) is 9.59 Å². The topological polar surface area (TPSA) is 58.6 Å². The smallest absolute Gasteiger partial charge is 0.257 e. The van der Waals surface area contributed by atoms with E-state index in [1.54, 1.807) is 14.1 Å². The summed E-state index contributed by atoms with van der Waals surface area (Å²) in [5.41, 5.74) is 2.22. The predicted octanol–water partition coefficient (Wildman–Crippen LogP) is 2.25. The van der Waals surface area contributed by atoms with Crippen LogP contribution in [0.1, 0.15) is 17.5 Å². The van der Waals surface area contributed by atoms with E-state index in [2.05, 4.69) is 17.4 Å². The summed E-state index contributed by atoms with van der Waals surface area (Å²) in [7, 11) is 3.38. The van der Waals surface area contributed by atoms with Crippen molar-refractivity contribution in [2.75, 3.05) is 27.2 Å². The molecule has 0 aliphatic rings. The molecule has 0 spiro atoms.